The minimum atomic E-state index is 0.0345. The Bertz CT molecular complexity index is 785. The number of amides is 1. The zero-order chi connectivity index (χ0) is 20.1. The molecule has 1 amide bonds. The monoisotopic (exact) mass is 386 g/mol. The summed E-state index contributed by atoms with van der Waals surface area (Å²) in [6.45, 7) is 2.62. The number of carbonyl (C=O) groups is 1. The number of carbonyl (C=O) groups excluding carboxylic acids is 1. The Balaban J connectivity index is 1.71. The highest BCUT2D eigenvalue weighted by molar-refractivity contribution is 5.94. The van der Waals surface area contributed by atoms with Crippen molar-refractivity contribution in [1.82, 2.24) is 19.6 Å². The van der Waals surface area contributed by atoms with E-state index in [1.165, 1.54) is 0 Å². The van der Waals surface area contributed by atoms with Crippen molar-refractivity contribution >= 4 is 5.91 Å². The maximum Gasteiger partial charge on any atom is 0.254 e. The number of benzene rings is 1. The maximum absolute atomic E-state index is 13.1. The first-order valence-corrected chi connectivity index (χ1v) is 9.70. The number of likely N-dealkylation sites (tertiary alicyclic amines) is 1. The molecule has 1 atom stereocenters. The number of hydrogen-bond acceptors (Lipinski definition) is 5. The number of aryl methyl sites for hydroxylation is 1. The number of aromatic nitrogens is 2. The minimum absolute atomic E-state index is 0.0345. The Morgan fingerprint density at radius 3 is 2.68 bits per heavy atom. The summed E-state index contributed by atoms with van der Waals surface area (Å²) in [6.07, 6.45) is 1.94. The van der Waals surface area contributed by atoms with E-state index in [1.54, 1.807) is 7.11 Å². The van der Waals surface area contributed by atoms with Crippen molar-refractivity contribution in [3.05, 3.63) is 47.3 Å². The van der Waals surface area contributed by atoms with Crippen LogP contribution in [0.3, 0.4) is 0 Å². The molecule has 0 N–H and O–H groups in total. The third-order valence-corrected chi connectivity index (χ3v) is 4.99. The number of nitrogens with zero attached hydrogens (tertiary/aromatic N) is 4. The van der Waals surface area contributed by atoms with E-state index in [1.807, 2.05) is 55.0 Å². The van der Waals surface area contributed by atoms with Gasteiger partial charge in [0, 0.05) is 32.8 Å². The quantitative estimate of drug-likeness (QED) is 0.653. The van der Waals surface area contributed by atoms with Crippen molar-refractivity contribution in [3.8, 4) is 5.75 Å². The fraction of sp³-hybridized carbons (Fsp3) is 0.524. The van der Waals surface area contributed by atoms with Crippen LogP contribution in [0.25, 0.3) is 0 Å². The van der Waals surface area contributed by atoms with Gasteiger partial charge in [0.05, 0.1) is 24.0 Å². The molecule has 3 rings (SSSR count). The number of methoxy groups -OCH3 is 1. The lowest BCUT2D eigenvalue weighted by molar-refractivity contribution is 0.0732. The van der Waals surface area contributed by atoms with Crippen molar-refractivity contribution in [2.24, 2.45) is 7.05 Å². The molecule has 0 spiro atoms. The molecule has 7 nitrogen and oxygen atoms in total. The van der Waals surface area contributed by atoms with Crippen LogP contribution in [0, 0.1) is 0 Å². The average molecular weight is 386 g/mol. The van der Waals surface area contributed by atoms with E-state index in [-0.39, 0.29) is 11.9 Å². The molecule has 0 radical (unpaired) electrons. The molecule has 0 aliphatic carbocycles. The molecule has 7 heteroatoms. The van der Waals surface area contributed by atoms with Gasteiger partial charge in [0.1, 0.15) is 12.4 Å². The highest BCUT2D eigenvalue weighted by atomic mass is 16.5. The summed E-state index contributed by atoms with van der Waals surface area (Å²) >= 11 is 0. The lowest BCUT2D eigenvalue weighted by Gasteiger charge is -2.23. The van der Waals surface area contributed by atoms with E-state index in [4.69, 9.17) is 14.6 Å². The largest absolute Gasteiger partial charge is 0.491 e. The molecule has 1 unspecified atom stereocenters. The van der Waals surface area contributed by atoms with Crippen LogP contribution in [0.5, 0.6) is 5.75 Å². The Morgan fingerprint density at radius 2 is 2.00 bits per heavy atom. The first-order chi connectivity index (χ1) is 13.5. The van der Waals surface area contributed by atoms with Crippen molar-refractivity contribution in [1.29, 1.82) is 0 Å². The Morgan fingerprint density at radius 1 is 1.25 bits per heavy atom. The number of rotatable bonds is 8. The molecule has 1 aromatic carbocycles. The van der Waals surface area contributed by atoms with Crippen LogP contribution in [0.15, 0.2) is 30.3 Å². The molecule has 0 saturated carbocycles. The van der Waals surface area contributed by atoms with Gasteiger partial charge >= 0.3 is 0 Å². The zero-order valence-electron chi connectivity index (χ0n) is 17.2. The molecular formula is C21H30N4O3. The van der Waals surface area contributed by atoms with Crippen LogP contribution in [-0.4, -0.2) is 66.5 Å². The number of ether oxygens (including phenoxy) is 2. The highest BCUT2D eigenvalue weighted by Gasteiger charge is 2.32. The van der Waals surface area contributed by atoms with Crippen LogP contribution in [0.4, 0.5) is 0 Å². The third kappa shape index (κ3) is 4.72. The van der Waals surface area contributed by atoms with E-state index in [2.05, 4.69) is 11.0 Å². The lowest BCUT2D eigenvalue weighted by Crippen LogP contribution is -2.30. The van der Waals surface area contributed by atoms with Gasteiger partial charge in [-0.25, -0.2) is 0 Å². The predicted octanol–water partition coefficient (Wildman–Crippen LogP) is 2.48. The van der Waals surface area contributed by atoms with Crippen LogP contribution in [0.2, 0.25) is 0 Å². The first kappa shape index (κ1) is 20.4. The molecule has 28 heavy (non-hydrogen) atoms. The van der Waals surface area contributed by atoms with Crippen LogP contribution >= 0.6 is 0 Å². The molecule has 2 heterocycles. The van der Waals surface area contributed by atoms with E-state index >= 15 is 0 Å². The Kier molecular flexibility index (Phi) is 6.70. The fourth-order valence-corrected chi connectivity index (χ4v) is 3.58. The topological polar surface area (TPSA) is 59.8 Å². The second-order valence-corrected chi connectivity index (χ2v) is 7.44. The molecule has 152 valence electrons. The Hall–Kier alpha value is -2.38. The smallest absolute Gasteiger partial charge is 0.254 e. The van der Waals surface area contributed by atoms with E-state index < -0.39 is 0 Å². The van der Waals surface area contributed by atoms with Gasteiger partial charge in [-0.15, -0.1) is 0 Å². The normalized spacial score (nSPS) is 16.8. The summed E-state index contributed by atoms with van der Waals surface area (Å²) in [5, 5.41) is 4.69. The molecule has 0 bridgehead atoms. The van der Waals surface area contributed by atoms with Gasteiger partial charge in [-0.05, 0) is 57.3 Å². The van der Waals surface area contributed by atoms with Crippen LogP contribution < -0.4 is 4.74 Å². The summed E-state index contributed by atoms with van der Waals surface area (Å²) in [6, 6.07) is 9.50. The van der Waals surface area contributed by atoms with Gasteiger partial charge in [0.2, 0.25) is 0 Å². The van der Waals surface area contributed by atoms with E-state index in [0.717, 1.165) is 43.1 Å². The summed E-state index contributed by atoms with van der Waals surface area (Å²) < 4.78 is 12.5. The second-order valence-electron chi connectivity index (χ2n) is 7.44. The fourth-order valence-electron chi connectivity index (χ4n) is 3.58. The van der Waals surface area contributed by atoms with Gasteiger partial charge in [-0.1, -0.05) is 0 Å². The molecule has 2 aromatic rings. The van der Waals surface area contributed by atoms with Gasteiger partial charge in [0.15, 0.2) is 0 Å². The molecule has 1 aromatic heterocycles. The first-order valence-electron chi connectivity index (χ1n) is 9.70. The second kappa shape index (κ2) is 9.21. The summed E-state index contributed by atoms with van der Waals surface area (Å²) in [4.78, 5) is 17.2. The lowest BCUT2D eigenvalue weighted by atomic mass is 10.1. The van der Waals surface area contributed by atoms with Gasteiger partial charge in [-0.3, -0.25) is 9.48 Å². The third-order valence-electron chi connectivity index (χ3n) is 4.99. The summed E-state index contributed by atoms with van der Waals surface area (Å²) in [7, 11) is 7.69. The van der Waals surface area contributed by atoms with Gasteiger partial charge in [0.25, 0.3) is 5.91 Å². The Labute approximate surface area is 166 Å². The van der Waals surface area contributed by atoms with Crippen molar-refractivity contribution < 1.29 is 14.3 Å². The van der Waals surface area contributed by atoms with Gasteiger partial charge in [-0.2, -0.15) is 5.10 Å². The molecule has 1 aliphatic heterocycles. The maximum atomic E-state index is 13.1. The summed E-state index contributed by atoms with van der Waals surface area (Å²) in [5.74, 6) is 0.787. The van der Waals surface area contributed by atoms with E-state index in [9.17, 15) is 4.79 Å². The van der Waals surface area contributed by atoms with E-state index in [0.29, 0.717) is 18.8 Å². The van der Waals surface area contributed by atoms with Crippen molar-refractivity contribution in [2.75, 3.05) is 41.0 Å². The minimum Gasteiger partial charge on any atom is -0.491 e. The molecule has 1 fully saturated rings. The SMILES string of the molecule is COCCOc1ccc(C(=O)N2CCCC2c2cc(CN(C)C)n(C)n2)cc1. The van der Waals surface area contributed by atoms with Crippen LogP contribution in [-0.2, 0) is 18.3 Å². The summed E-state index contributed by atoms with van der Waals surface area (Å²) in [5.41, 5.74) is 2.80. The molecule has 1 saturated heterocycles. The van der Waals surface area contributed by atoms with Crippen LogP contribution in [0.1, 0.15) is 40.6 Å². The molecule has 1 aliphatic rings. The standard InChI is InChI=1S/C21H30N4O3/c1-23(2)15-17-14-19(22-24(17)3)20-6-5-11-25(20)21(26)16-7-9-18(10-8-16)28-13-12-27-4/h7-10,14,20H,5-6,11-13,15H2,1-4H3. The zero-order valence-corrected chi connectivity index (χ0v) is 17.2. The highest BCUT2D eigenvalue weighted by Crippen LogP contribution is 2.33. The average Bonchev–Trinajstić information content (AvgIpc) is 3.29. The van der Waals surface area contributed by atoms with Crippen molar-refractivity contribution in [2.45, 2.75) is 25.4 Å². The number of hydrogen-bond donors (Lipinski definition) is 0. The molecular weight excluding hydrogens is 356 g/mol. The van der Waals surface area contributed by atoms with Gasteiger partial charge < -0.3 is 19.3 Å². The van der Waals surface area contributed by atoms with Crippen molar-refractivity contribution in [3.63, 3.8) is 0 Å². The predicted molar refractivity (Wildman–Crippen MR) is 107 cm³/mol.